The molecule has 144 valence electrons. The average Bonchev–Trinajstić information content (AvgIpc) is 2.68. The second-order valence-corrected chi connectivity index (χ2v) is 7.19. The van der Waals surface area contributed by atoms with Crippen molar-refractivity contribution >= 4 is 0 Å². The van der Waals surface area contributed by atoms with E-state index in [9.17, 15) is 13.2 Å². The molecular weight excluding hydrogens is 349 g/mol. The Kier molecular flexibility index (Phi) is 6.38. The fourth-order valence-corrected chi connectivity index (χ4v) is 3.79. The zero-order chi connectivity index (χ0) is 19.3. The maximum Gasteiger partial charge on any atom is 0.416 e. The van der Waals surface area contributed by atoms with E-state index >= 15 is 0 Å². The molecular formula is C23H25F3O. The number of benzene rings is 2. The normalized spacial score (nSPS) is 20.9. The Morgan fingerprint density at radius 2 is 1.44 bits per heavy atom. The summed E-state index contributed by atoms with van der Waals surface area (Å²) in [5, 5.41) is 0. The highest BCUT2D eigenvalue weighted by Crippen LogP contribution is 2.37. The van der Waals surface area contributed by atoms with Gasteiger partial charge in [0, 0.05) is 7.11 Å². The van der Waals surface area contributed by atoms with Gasteiger partial charge < -0.3 is 4.74 Å². The van der Waals surface area contributed by atoms with Crippen LogP contribution < -0.4 is 0 Å². The fraction of sp³-hybridized carbons (Fsp3) is 0.391. The standard InChI is InChI=1S/C23H25F3O/c1-27-16-2-3-17-4-6-18(7-5-17)19-8-10-20(11-9-19)21-12-14-22(15-13-21)23(24,25)26/h2-3,8-15,17-18H,4-7,16H2,1H3. The summed E-state index contributed by atoms with van der Waals surface area (Å²) >= 11 is 0. The van der Waals surface area contributed by atoms with Crippen molar-refractivity contribution in [3.05, 3.63) is 71.8 Å². The lowest BCUT2D eigenvalue weighted by Crippen LogP contribution is -2.11. The van der Waals surface area contributed by atoms with Gasteiger partial charge in [-0.2, -0.15) is 13.2 Å². The van der Waals surface area contributed by atoms with E-state index in [1.54, 1.807) is 7.11 Å². The van der Waals surface area contributed by atoms with Crippen molar-refractivity contribution in [2.75, 3.05) is 13.7 Å². The third-order valence-electron chi connectivity index (χ3n) is 5.37. The van der Waals surface area contributed by atoms with Crippen LogP contribution >= 0.6 is 0 Å². The predicted molar refractivity (Wildman–Crippen MR) is 103 cm³/mol. The molecule has 1 aliphatic carbocycles. The Hall–Kier alpha value is -2.07. The van der Waals surface area contributed by atoms with Gasteiger partial charge in [-0.15, -0.1) is 0 Å². The molecule has 0 N–H and O–H groups in total. The highest BCUT2D eigenvalue weighted by atomic mass is 19.4. The third kappa shape index (κ3) is 5.23. The molecule has 1 nitrogen and oxygen atoms in total. The van der Waals surface area contributed by atoms with E-state index in [1.807, 2.05) is 12.1 Å². The Balaban J connectivity index is 1.61. The van der Waals surface area contributed by atoms with Gasteiger partial charge in [0.25, 0.3) is 0 Å². The highest BCUT2D eigenvalue weighted by Gasteiger charge is 2.30. The minimum absolute atomic E-state index is 0.568. The number of allylic oxidation sites excluding steroid dienone is 1. The molecule has 0 unspecified atom stereocenters. The summed E-state index contributed by atoms with van der Waals surface area (Å²) in [7, 11) is 1.70. The number of alkyl halides is 3. The van der Waals surface area contributed by atoms with Crippen LogP contribution in [0.15, 0.2) is 60.7 Å². The van der Waals surface area contributed by atoms with E-state index in [0.717, 1.165) is 23.3 Å². The van der Waals surface area contributed by atoms with E-state index in [4.69, 9.17) is 4.74 Å². The van der Waals surface area contributed by atoms with Crippen LogP contribution in [0.25, 0.3) is 11.1 Å². The van der Waals surface area contributed by atoms with Crippen LogP contribution in [-0.2, 0) is 10.9 Å². The second kappa shape index (κ2) is 8.75. The summed E-state index contributed by atoms with van der Waals surface area (Å²) in [5.41, 5.74) is 2.47. The average molecular weight is 374 g/mol. The minimum atomic E-state index is -4.29. The molecule has 0 spiro atoms. The lowest BCUT2D eigenvalue weighted by atomic mass is 9.78. The molecule has 4 heteroatoms. The molecule has 1 aliphatic rings. The summed E-state index contributed by atoms with van der Waals surface area (Å²) in [6.07, 6.45) is 4.79. The SMILES string of the molecule is COCC=CC1CCC(c2ccc(-c3ccc(C(F)(F)F)cc3)cc2)CC1. The van der Waals surface area contributed by atoms with E-state index in [-0.39, 0.29) is 0 Å². The van der Waals surface area contributed by atoms with Crippen molar-refractivity contribution in [3.8, 4) is 11.1 Å². The highest BCUT2D eigenvalue weighted by molar-refractivity contribution is 5.64. The number of ether oxygens (including phenoxy) is 1. The number of rotatable bonds is 5. The van der Waals surface area contributed by atoms with Gasteiger partial charge in [0.2, 0.25) is 0 Å². The van der Waals surface area contributed by atoms with Crippen LogP contribution in [-0.4, -0.2) is 13.7 Å². The van der Waals surface area contributed by atoms with E-state index in [1.165, 1.54) is 43.4 Å². The van der Waals surface area contributed by atoms with Gasteiger partial charge in [-0.1, -0.05) is 48.6 Å². The van der Waals surface area contributed by atoms with Crippen LogP contribution in [0.4, 0.5) is 13.2 Å². The van der Waals surface area contributed by atoms with E-state index in [2.05, 4.69) is 24.3 Å². The first kappa shape index (κ1) is 19.7. The minimum Gasteiger partial charge on any atom is -0.381 e. The van der Waals surface area contributed by atoms with Crippen LogP contribution in [0.5, 0.6) is 0 Å². The molecule has 0 amide bonds. The van der Waals surface area contributed by atoms with Crippen molar-refractivity contribution in [3.63, 3.8) is 0 Å². The molecule has 0 heterocycles. The zero-order valence-electron chi connectivity index (χ0n) is 15.5. The van der Waals surface area contributed by atoms with Gasteiger partial charge in [0.05, 0.1) is 12.2 Å². The Morgan fingerprint density at radius 3 is 1.96 bits per heavy atom. The Morgan fingerprint density at radius 1 is 0.889 bits per heavy atom. The van der Waals surface area contributed by atoms with E-state index in [0.29, 0.717) is 18.4 Å². The first-order valence-corrected chi connectivity index (χ1v) is 9.40. The van der Waals surface area contributed by atoms with Crippen LogP contribution in [0.1, 0.15) is 42.7 Å². The topological polar surface area (TPSA) is 9.23 Å². The maximum atomic E-state index is 12.7. The summed E-state index contributed by atoms with van der Waals surface area (Å²) in [6, 6.07) is 13.6. The van der Waals surface area contributed by atoms with Gasteiger partial charge in [-0.3, -0.25) is 0 Å². The van der Waals surface area contributed by atoms with Crippen molar-refractivity contribution < 1.29 is 17.9 Å². The quantitative estimate of drug-likeness (QED) is 0.520. The summed E-state index contributed by atoms with van der Waals surface area (Å²) < 4.78 is 43.1. The third-order valence-corrected chi connectivity index (χ3v) is 5.37. The largest absolute Gasteiger partial charge is 0.416 e. The fourth-order valence-electron chi connectivity index (χ4n) is 3.79. The lowest BCUT2D eigenvalue weighted by molar-refractivity contribution is -0.137. The van der Waals surface area contributed by atoms with Crippen molar-refractivity contribution in [1.29, 1.82) is 0 Å². The maximum absolute atomic E-state index is 12.7. The molecule has 1 saturated carbocycles. The molecule has 0 aromatic heterocycles. The van der Waals surface area contributed by atoms with Crippen LogP contribution in [0, 0.1) is 5.92 Å². The monoisotopic (exact) mass is 374 g/mol. The van der Waals surface area contributed by atoms with Crippen LogP contribution in [0.3, 0.4) is 0 Å². The number of hydrogen-bond acceptors (Lipinski definition) is 1. The van der Waals surface area contributed by atoms with Gasteiger partial charge in [0.15, 0.2) is 0 Å². The lowest BCUT2D eigenvalue weighted by Gasteiger charge is -2.27. The van der Waals surface area contributed by atoms with Crippen molar-refractivity contribution in [1.82, 2.24) is 0 Å². The molecule has 1 fully saturated rings. The molecule has 3 rings (SSSR count). The molecule has 0 radical (unpaired) electrons. The first-order valence-electron chi connectivity index (χ1n) is 9.40. The molecule has 0 aliphatic heterocycles. The van der Waals surface area contributed by atoms with Crippen LogP contribution in [0.2, 0.25) is 0 Å². The first-order chi connectivity index (χ1) is 13.0. The van der Waals surface area contributed by atoms with Crippen molar-refractivity contribution in [2.24, 2.45) is 5.92 Å². The number of hydrogen-bond donors (Lipinski definition) is 0. The van der Waals surface area contributed by atoms with Crippen molar-refractivity contribution in [2.45, 2.75) is 37.8 Å². The smallest absolute Gasteiger partial charge is 0.381 e. The Labute approximate surface area is 158 Å². The second-order valence-electron chi connectivity index (χ2n) is 7.19. The number of methoxy groups -OCH3 is 1. The van der Waals surface area contributed by atoms with Gasteiger partial charge >= 0.3 is 6.18 Å². The van der Waals surface area contributed by atoms with Gasteiger partial charge in [-0.05, 0) is 66.3 Å². The summed E-state index contributed by atoms with van der Waals surface area (Å²) in [4.78, 5) is 0. The van der Waals surface area contributed by atoms with Gasteiger partial charge in [0.1, 0.15) is 0 Å². The molecule has 27 heavy (non-hydrogen) atoms. The summed E-state index contributed by atoms with van der Waals surface area (Å²) in [6.45, 7) is 0.672. The molecule has 0 bridgehead atoms. The molecule has 2 aromatic rings. The number of halogens is 3. The summed E-state index contributed by atoms with van der Waals surface area (Å²) in [5.74, 6) is 1.21. The zero-order valence-corrected chi connectivity index (χ0v) is 15.5. The predicted octanol–water partition coefficient (Wildman–Crippen LogP) is 6.85. The van der Waals surface area contributed by atoms with Gasteiger partial charge in [-0.25, -0.2) is 0 Å². The molecule has 0 atom stereocenters. The molecule has 2 aromatic carbocycles. The molecule has 0 saturated heterocycles. The Bertz CT molecular complexity index is 737. The van der Waals surface area contributed by atoms with E-state index < -0.39 is 11.7 Å².